The number of carbonyl (C=O) groups is 1. The summed E-state index contributed by atoms with van der Waals surface area (Å²) in [5.41, 5.74) is 2.59. The van der Waals surface area contributed by atoms with E-state index in [0.29, 0.717) is 24.8 Å². The maximum atomic E-state index is 11.4. The Morgan fingerprint density at radius 3 is 3.17 bits per heavy atom. The zero-order valence-electron chi connectivity index (χ0n) is 13.3. The Morgan fingerprint density at radius 2 is 2.38 bits per heavy atom. The average molecular weight is 327 g/mol. The van der Waals surface area contributed by atoms with Crippen LogP contribution in [-0.4, -0.2) is 51.3 Å². The van der Waals surface area contributed by atoms with Crippen LogP contribution >= 0.6 is 0 Å². The van der Waals surface area contributed by atoms with Gasteiger partial charge in [0.25, 0.3) is 0 Å². The van der Waals surface area contributed by atoms with E-state index in [4.69, 9.17) is 4.65 Å². The molecule has 2 aliphatic heterocycles. The Balaban J connectivity index is 1.82. The smallest absolute Gasteiger partial charge is 0.531 e. The molecule has 0 aliphatic carbocycles. The van der Waals surface area contributed by atoms with Crippen LogP contribution in [0.5, 0.6) is 5.75 Å². The first-order valence-corrected chi connectivity index (χ1v) is 8.05. The number of aromatic amines is 1. The van der Waals surface area contributed by atoms with Crippen LogP contribution in [0.15, 0.2) is 24.4 Å². The SMILES string of the molecule is C[C@H]1CCN(C(=O)O)C[C@H]1C1=CB(O)Oc2cnc3[nH]ccc3c21. The van der Waals surface area contributed by atoms with Crippen LogP contribution in [0.2, 0.25) is 0 Å². The van der Waals surface area contributed by atoms with Gasteiger partial charge in [0.15, 0.2) is 0 Å². The van der Waals surface area contributed by atoms with Crippen LogP contribution in [-0.2, 0) is 0 Å². The Labute approximate surface area is 139 Å². The Hall–Kier alpha value is -2.48. The van der Waals surface area contributed by atoms with E-state index in [2.05, 4.69) is 16.9 Å². The topological polar surface area (TPSA) is 98.7 Å². The van der Waals surface area contributed by atoms with Crippen LogP contribution in [0.3, 0.4) is 0 Å². The van der Waals surface area contributed by atoms with Crippen LogP contribution in [0.25, 0.3) is 16.6 Å². The van der Waals surface area contributed by atoms with Gasteiger partial charge in [0.05, 0.1) is 6.20 Å². The fraction of sp³-hybridized carbons (Fsp3) is 0.375. The van der Waals surface area contributed by atoms with E-state index in [9.17, 15) is 14.9 Å². The highest BCUT2D eigenvalue weighted by Gasteiger charge is 2.36. The van der Waals surface area contributed by atoms with Crippen LogP contribution in [0.1, 0.15) is 18.9 Å². The van der Waals surface area contributed by atoms with Crippen molar-refractivity contribution in [1.82, 2.24) is 14.9 Å². The normalized spacial score (nSPS) is 23.7. The van der Waals surface area contributed by atoms with Gasteiger partial charge in [-0.2, -0.15) is 0 Å². The highest BCUT2D eigenvalue weighted by Crippen LogP contribution is 2.43. The summed E-state index contributed by atoms with van der Waals surface area (Å²) in [4.78, 5) is 20.2. The number of hydrogen-bond donors (Lipinski definition) is 3. The minimum Gasteiger partial charge on any atom is -0.531 e. The molecule has 7 nitrogen and oxygen atoms in total. The molecule has 2 aromatic heterocycles. The predicted octanol–water partition coefficient (Wildman–Crippen LogP) is 1.99. The van der Waals surface area contributed by atoms with Crippen molar-refractivity contribution >= 4 is 29.8 Å². The Morgan fingerprint density at radius 1 is 1.54 bits per heavy atom. The fourth-order valence-corrected chi connectivity index (χ4v) is 3.73. The molecule has 0 bridgehead atoms. The second-order valence-electron chi connectivity index (χ2n) is 6.47. The van der Waals surface area contributed by atoms with E-state index >= 15 is 0 Å². The molecule has 1 fully saturated rings. The molecule has 0 unspecified atom stereocenters. The van der Waals surface area contributed by atoms with E-state index in [1.807, 2.05) is 12.3 Å². The van der Waals surface area contributed by atoms with Crippen molar-refractivity contribution in [2.24, 2.45) is 11.8 Å². The third-order valence-electron chi connectivity index (χ3n) is 5.04. The van der Waals surface area contributed by atoms with E-state index in [1.54, 1.807) is 12.2 Å². The molecular formula is C16H18BN3O4. The summed E-state index contributed by atoms with van der Waals surface area (Å²) in [5.74, 6) is 2.55. The molecular weight excluding hydrogens is 309 g/mol. The number of likely N-dealkylation sites (tertiary alicyclic amines) is 1. The lowest BCUT2D eigenvalue weighted by Crippen LogP contribution is -2.43. The van der Waals surface area contributed by atoms with E-state index in [-0.39, 0.29) is 5.92 Å². The summed E-state index contributed by atoms with van der Waals surface area (Å²) >= 11 is 0. The Bertz CT molecular complexity index is 834. The fourth-order valence-electron chi connectivity index (χ4n) is 3.73. The van der Waals surface area contributed by atoms with Gasteiger partial charge in [-0.25, -0.2) is 9.78 Å². The lowest BCUT2D eigenvalue weighted by molar-refractivity contribution is 0.114. The van der Waals surface area contributed by atoms with Gasteiger partial charge in [-0.05, 0) is 30.0 Å². The van der Waals surface area contributed by atoms with Gasteiger partial charge in [-0.15, -0.1) is 0 Å². The van der Waals surface area contributed by atoms with Gasteiger partial charge < -0.3 is 24.7 Å². The van der Waals surface area contributed by atoms with Crippen molar-refractivity contribution < 1.29 is 19.6 Å². The molecule has 4 heterocycles. The number of hydrogen-bond acceptors (Lipinski definition) is 4. The number of H-pyrrole nitrogens is 1. The van der Waals surface area contributed by atoms with Crippen LogP contribution < -0.4 is 4.65 Å². The van der Waals surface area contributed by atoms with Crippen molar-refractivity contribution in [1.29, 1.82) is 0 Å². The molecule has 8 heteroatoms. The lowest BCUT2D eigenvalue weighted by Gasteiger charge is -2.38. The van der Waals surface area contributed by atoms with Crippen molar-refractivity contribution in [2.45, 2.75) is 13.3 Å². The highest BCUT2D eigenvalue weighted by atomic mass is 16.5. The molecule has 1 amide bonds. The average Bonchev–Trinajstić information content (AvgIpc) is 3.02. The third kappa shape index (κ3) is 2.34. The summed E-state index contributed by atoms with van der Waals surface area (Å²) in [5, 5.41) is 20.3. The lowest BCUT2D eigenvalue weighted by atomic mass is 9.72. The van der Waals surface area contributed by atoms with Gasteiger partial charge in [0.1, 0.15) is 11.4 Å². The molecule has 124 valence electrons. The summed E-state index contributed by atoms with van der Waals surface area (Å²) in [6.45, 7) is 3.09. The van der Waals surface area contributed by atoms with Gasteiger partial charge in [0.2, 0.25) is 0 Å². The monoisotopic (exact) mass is 327 g/mol. The highest BCUT2D eigenvalue weighted by molar-refractivity contribution is 6.52. The molecule has 0 saturated carbocycles. The molecule has 1 saturated heterocycles. The summed E-state index contributed by atoms with van der Waals surface area (Å²) in [7, 11) is -1.04. The molecule has 2 aliphatic rings. The zero-order chi connectivity index (χ0) is 16.8. The molecule has 24 heavy (non-hydrogen) atoms. The maximum absolute atomic E-state index is 11.4. The number of aromatic nitrogens is 2. The van der Waals surface area contributed by atoms with Crippen LogP contribution in [0.4, 0.5) is 4.79 Å². The molecule has 0 radical (unpaired) electrons. The van der Waals surface area contributed by atoms with Crippen LogP contribution in [0, 0.1) is 11.8 Å². The Kier molecular flexibility index (Phi) is 3.49. The quantitative estimate of drug-likeness (QED) is 0.696. The molecule has 3 N–H and O–H groups in total. The van der Waals surface area contributed by atoms with Crippen molar-refractivity contribution in [3.8, 4) is 5.75 Å². The number of nitrogens with one attached hydrogen (secondary N) is 1. The second kappa shape index (κ2) is 5.56. The van der Waals surface area contributed by atoms with E-state index in [0.717, 1.165) is 28.6 Å². The summed E-state index contributed by atoms with van der Waals surface area (Å²) < 4.78 is 5.51. The maximum Gasteiger partial charge on any atom is 0.552 e. The molecule has 0 spiro atoms. The minimum atomic E-state index is -1.04. The number of rotatable bonds is 1. The number of pyridine rings is 1. The van der Waals surface area contributed by atoms with Crippen molar-refractivity contribution in [3.05, 3.63) is 30.0 Å². The summed E-state index contributed by atoms with van der Waals surface area (Å²) in [6.07, 6.45) is 3.31. The number of fused-ring (bicyclic) bond motifs is 3. The van der Waals surface area contributed by atoms with Crippen molar-refractivity contribution in [2.75, 3.05) is 13.1 Å². The predicted molar refractivity (Wildman–Crippen MR) is 89.5 cm³/mol. The first-order valence-electron chi connectivity index (χ1n) is 8.05. The van der Waals surface area contributed by atoms with Gasteiger partial charge in [-0.3, -0.25) is 0 Å². The minimum absolute atomic E-state index is 0.00708. The standard InChI is InChI=1S/C16H18BN3O4/c1-9-3-5-20(16(21)22)8-12(9)11-6-17(23)24-13-7-19-15-10(14(11)13)2-4-18-15/h2,4,6-7,9,12,23H,3,5,8H2,1H3,(H,18,19)(H,21,22)/t9-,12+/m0/s1. The van der Waals surface area contributed by atoms with Crippen molar-refractivity contribution in [3.63, 3.8) is 0 Å². The number of nitrogens with zero attached hydrogens (tertiary/aromatic N) is 2. The number of carboxylic acid groups (broad SMARTS) is 1. The first-order chi connectivity index (χ1) is 11.5. The van der Waals surface area contributed by atoms with E-state index in [1.165, 1.54) is 4.90 Å². The first kappa shape index (κ1) is 15.1. The second-order valence-corrected chi connectivity index (χ2v) is 6.47. The number of piperidine rings is 1. The molecule has 2 atom stereocenters. The van der Waals surface area contributed by atoms with E-state index < -0.39 is 13.2 Å². The molecule has 2 aromatic rings. The zero-order valence-corrected chi connectivity index (χ0v) is 13.3. The summed E-state index contributed by atoms with van der Waals surface area (Å²) in [6, 6.07) is 1.93. The number of amides is 1. The van der Waals surface area contributed by atoms with Gasteiger partial charge >= 0.3 is 13.2 Å². The molecule has 4 rings (SSSR count). The largest absolute Gasteiger partial charge is 0.552 e. The van der Waals surface area contributed by atoms with Gasteiger partial charge in [-0.1, -0.05) is 6.92 Å². The molecule has 0 aromatic carbocycles. The van der Waals surface area contributed by atoms with Gasteiger partial charge in [0, 0.05) is 36.2 Å². The third-order valence-corrected chi connectivity index (χ3v) is 5.04.